The van der Waals surface area contributed by atoms with Gasteiger partial charge in [0.05, 0.1) is 18.2 Å². The molecule has 0 bridgehead atoms. The number of alkyl halides is 3. The monoisotopic (exact) mass is 478 g/mol. The number of nitrogens with zero attached hydrogens (tertiary/aromatic N) is 3. The van der Waals surface area contributed by atoms with Crippen LogP contribution in [0.1, 0.15) is 5.56 Å². The van der Waals surface area contributed by atoms with E-state index in [0.29, 0.717) is 22.8 Å². The second-order valence-corrected chi connectivity index (χ2v) is 7.44. The summed E-state index contributed by atoms with van der Waals surface area (Å²) in [7, 11) is 1.59. The van der Waals surface area contributed by atoms with Crippen molar-refractivity contribution in [2.45, 2.75) is 6.18 Å². The van der Waals surface area contributed by atoms with Gasteiger partial charge in [0.2, 0.25) is 5.89 Å². The molecule has 0 saturated heterocycles. The van der Waals surface area contributed by atoms with E-state index in [4.69, 9.17) is 13.9 Å². The minimum atomic E-state index is -4.45. The first-order chi connectivity index (χ1) is 16.9. The summed E-state index contributed by atoms with van der Waals surface area (Å²) in [6.45, 7) is 0. The van der Waals surface area contributed by atoms with Gasteiger partial charge in [-0.1, -0.05) is 17.2 Å². The third kappa shape index (κ3) is 4.86. The molecule has 5 aromatic rings. The minimum absolute atomic E-state index is 0.0419. The summed E-state index contributed by atoms with van der Waals surface area (Å²) in [5, 5.41) is 11.4. The summed E-state index contributed by atoms with van der Waals surface area (Å²) < 4.78 is 55.8. The van der Waals surface area contributed by atoms with Gasteiger partial charge in [-0.05, 0) is 54.6 Å². The summed E-state index contributed by atoms with van der Waals surface area (Å²) in [6, 6.07) is 18.9. The molecule has 0 amide bonds. The van der Waals surface area contributed by atoms with E-state index >= 15 is 0 Å². The van der Waals surface area contributed by atoms with Crippen LogP contribution < -0.4 is 14.8 Å². The molecule has 0 fully saturated rings. The first-order valence-corrected chi connectivity index (χ1v) is 10.4. The van der Waals surface area contributed by atoms with E-state index in [9.17, 15) is 13.2 Å². The largest absolute Gasteiger partial charge is 0.497 e. The molecule has 2 heterocycles. The molecule has 10 heteroatoms. The molecule has 0 spiro atoms. The predicted octanol–water partition coefficient (Wildman–Crippen LogP) is 6.85. The zero-order chi connectivity index (χ0) is 24.4. The predicted molar refractivity (Wildman–Crippen MR) is 123 cm³/mol. The van der Waals surface area contributed by atoms with Gasteiger partial charge in [0.1, 0.15) is 17.2 Å². The average Bonchev–Trinajstić information content (AvgIpc) is 3.32. The van der Waals surface area contributed by atoms with Crippen molar-refractivity contribution in [3.05, 3.63) is 84.6 Å². The van der Waals surface area contributed by atoms with Crippen molar-refractivity contribution in [3.63, 3.8) is 0 Å². The highest BCUT2D eigenvalue weighted by molar-refractivity contribution is 5.86. The molecule has 0 unspecified atom stereocenters. The minimum Gasteiger partial charge on any atom is -0.497 e. The maximum atomic E-state index is 12.9. The Hall–Kier alpha value is -4.60. The molecule has 1 N–H and O–H groups in total. The molecular weight excluding hydrogens is 461 g/mol. The third-order valence-corrected chi connectivity index (χ3v) is 5.08. The lowest BCUT2D eigenvalue weighted by molar-refractivity contribution is -0.137. The number of halogens is 3. The van der Waals surface area contributed by atoms with Gasteiger partial charge in [0, 0.05) is 28.9 Å². The van der Waals surface area contributed by atoms with Crippen LogP contribution in [0.5, 0.6) is 17.2 Å². The Bertz CT molecular complexity index is 1500. The average molecular weight is 478 g/mol. The first kappa shape index (κ1) is 22.2. The number of aromatic nitrogens is 3. The lowest BCUT2D eigenvalue weighted by Gasteiger charge is -2.10. The van der Waals surface area contributed by atoms with Gasteiger partial charge >= 0.3 is 12.2 Å². The fourth-order valence-electron chi connectivity index (χ4n) is 3.42. The Labute approximate surface area is 197 Å². The number of rotatable bonds is 6. The van der Waals surface area contributed by atoms with Gasteiger partial charge < -0.3 is 19.2 Å². The van der Waals surface area contributed by atoms with Crippen molar-refractivity contribution in [1.29, 1.82) is 0 Å². The Kier molecular flexibility index (Phi) is 5.69. The van der Waals surface area contributed by atoms with Gasteiger partial charge in [-0.2, -0.15) is 13.2 Å². The molecule has 3 aromatic carbocycles. The van der Waals surface area contributed by atoms with Gasteiger partial charge in [-0.25, -0.2) is 0 Å². The van der Waals surface area contributed by atoms with Crippen LogP contribution in [0.25, 0.3) is 22.4 Å². The summed E-state index contributed by atoms with van der Waals surface area (Å²) in [6.07, 6.45) is -2.81. The van der Waals surface area contributed by atoms with Crippen LogP contribution in [0.3, 0.4) is 0 Å². The number of methoxy groups -OCH3 is 1. The molecular formula is C25H17F3N4O3. The standard InChI is InChI=1S/C25H17F3N4O3/c1-33-18-8-9-20-21(14-18)29-11-10-22(20)34-19-7-2-4-15(12-19)23-31-32-24(35-23)30-17-6-3-5-16(13-17)25(26,27)28/h2-14H,1H3,(H,30,32). The molecule has 0 saturated carbocycles. The molecule has 0 radical (unpaired) electrons. The second kappa shape index (κ2) is 8.98. The lowest BCUT2D eigenvalue weighted by Crippen LogP contribution is -2.05. The van der Waals surface area contributed by atoms with Gasteiger partial charge in [-0.15, -0.1) is 5.10 Å². The number of fused-ring (bicyclic) bond motifs is 1. The van der Waals surface area contributed by atoms with Crippen LogP contribution in [-0.4, -0.2) is 22.3 Å². The van der Waals surface area contributed by atoms with Gasteiger partial charge in [0.15, 0.2) is 0 Å². The van der Waals surface area contributed by atoms with Crippen molar-refractivity contribution in [2.24, 2.45) is 0 Å². The number of hydrogen-bond acceptors (Lipinski definition) is 7. The Balaban J connectivity index is 1.36. The zero-order valence-corrected chi connectivity index (χ0v) is 18.2. The number of hydrogen-bond donors (Lipinski definition) is 1. The molecule has 0 aliphatic rings. The Morgan fingerprint density at radius 2 is 1.74 bits per heavy atom. The maximum absolute atomic E-state index is 12.9. The van der Waals surface area contributed by atoms with Crippen LogP contribution in [0.4, 0.5) is 24.9 Å². The third-order valence-electron chi connectivity index (χ3n) is 5.08. The summed E-state index contributed by atoms with van der Waals surface area (Å²) in [5.74, 6) is 1.99. The number of benzene rings is 3. The van der Waals surface area contributed by atoms with E-state index < -0.39 is 11.7 Å². The summed E-state index contributed by atoms with van der Waals surface area (Å²) in [4.78, 5) is 4.35. The topological polar surface area (TPSA) is 82.3 Å². The molecule has 0 aliphatic carbocycles. The number of ether oxygens (including phenoxy) is 2. The van der Waals surface area contributed by atoms with E-state index in [1.165, 1.54) is 12.1 Å². The molecule has 0 aliphatic heterocycles. The van der Waals surface area contributed by atoms with Gasteiger partial charge in [0.25, 0.3) is 0 Å². The van der Waals surface area contributed by atoms with E-state index in [1.807, 2.05) is 18.2 Å². The number of pyridine rings is 1. The SMILES string of the molecule is COc1ccc2c(Oc3cccc(-c4nnc(Nc5cccc(C(F)(F)F)c5)o4)c3)ccnc2c1. The summed E-state index contributed by atoms with van der Waals surface area (Å²) in [5.41, 5.74) is 0.690. The van der Waals surface area contributed by atoms with E-state index in [0.717, 1.165) is 23.0 Å². The van der Waals surface area contributed by atoms with Crippen molar-refractivity contribution in [3.8, 4) is 28.7 Å². The van der Waals surface area contributed by atoms with Gasteiger partial charge in [-0.3, -0.25) is 4.98 Å². The Morgan fingerprint density at radius 3 is 2.57 bits per heavy atom. The molecule has 176 valence electrons. The molecule has 35 heavy (non-hydrogen) atoms. The molecule has 5 rings (SSSR count). The highest BCUT2D eigenvalue weighted by Crippen LogP contribution is 2.34. The Morgan fingerprint density at radius 1 is 0.886 bits per heavy atom. The molecule has 2 aromatic heterocycles. The molecule has 7 nitrogen and oxygen atoms in total. The van der Waals surface area contributed by atoms with Crippen molar-refractivity contribution < 1.29 is 27.1 Å². The van der Waals surface area contributed by atoms with Crippen LogP contribution in [0.2, 0.25) is 0 Å². The smallest absolute Gasteiger partial charge is 0.416 e. The van der Waals surface area contributed by atoms with Crippen LogP contribution in [-0.2, 0) is 6.18 Å². The quantitative estimate of drug-likeness (QED) is 0.286. The van der Waals surface area contributed by atoms with Crippen molar-refractivity contribution in [1.82, 2.24) is 15.2 Å². The first-order valence-electron chi connectivity index (χ1n) is 10.4. The van der Waals surface area contributed by atoms with E-state index in [2.05, 4.69) is 20.5 Å². The normalized spacial score (nSPS) is 11.4. The van der Waals surface area contributed by atoms with E-state index in [1.54, 1.807) is 43.6 Å². The van der Waals surface area contributed by atoms with Crippen LogP contribution in [0, 0.1) is 0 Å². The summed E-state index contributed by atoms with van der Waals surface area (Å²) >= 11 is 0. The fourth-order valence-corrected chi connectivity index (χ4v) is 3.42. The highest BCUT2D eigenvalue weighted by Gasteiger charge is 2.30. The zero-order valence-electron chi connectivity index (χ0n) is 18.2. The highest BCUT2D eigenvalue weighted by atomic mass is 19.4. The second-order valence-electron chi connectivity index (χ2n) is 7.44. The van der Waals surface area contributed by atoms with E-state index in [-0.39, 0.29) is 17.6 Å². The molecule has 0 atom stereocenters. The maximum Gasteiger partial charge on any atom is 0.416 e. The van der Waals surface area contributed by atoms with Crippen LogP contribution in [0.15, 0.2) is 83.4 Å². The number of nitrogens with one attached hydrogen (secondary N) is 1. The van der Waals surface area contributed by atoms with Crippen molar-refractivity contribution >= 4 is 22.6 Å². The number of anilines is 2. The lowest BCUT2D eigenvalue weighted by atomic mass is 10.2. The van der Waals surface area contributed by atoms with Crippen molar-refractivity contribution in [2.75, 3.05) is 12.4 Å². The fraction of sp³-hybridized carbons (Fsp3) is 0.0800. The van der Waals surface area contributed by atoms with Crippen LogP contribution >= 0.6 is 0 Å².